The van der Waals surface area contributed by atoms with Crippen molar-refractivity contribution in [2.45, 2.75) is 43.1 Å². The van der Waals surface area contributed by atoms with Crippen LogP contribution in [0.15, 0.2) is 77.9 Å². The summed E-state index contributed by atoms with van der Waals surface area (Å²) < 4.78 is 12.6. The molecule has 0 amide bonds. The van der Waals surface area contributed by atoms with Crippen LogP contribution in [0.1, 0.15) is 25.7 Å². The van der Waals surface area contributed by atoms with Crippen LogP contribution in [-0.4, -0.2) is 37.3 Å². The minimum absolute atomic E-state index is 0.152. The molecule has 5 nitrogen and oxygen atoms in total. The van der Waals surface area contributed by atoms with E-state index in [0.717, 1.165) is 24.2 Å². The number of hydrogen-bond acceptors (Lipinski definition) is 5. The number of rotatable bonds is 7. The number of methoxy groups -OCH3 is 1. The second kappa shape index (κ2) is 8.49. The lowest BCUT2D eigenvalue weighted by Gasteiger charge is -2.47. The van der Waals surface area contributed by atoms with Gasteiger partial charge in [0, 0.05) is 30.9 Å². The summed E-state index contributed by atoms with van der Waals surface area (Å²) in [5.74, 6) is 0. The fraction of sp³-hybridized carbons (Fsp3) is 0.375. The highest BCUT2D eigenvalue weighted by Crippen LogP contribution is 2.37. The predicted octanol–water partition coefficient (Wildman–Crippen LogP) is 4.42. The summed E-state index contributed by atoms with van der Waals surface area (Å²) in [7, 11) is 1.63. The van der Waals surface area contributed by atoms with E-state index < -0.39 is 11.3 Å². The molecule has 0 saturated heterocycles. The highest BCUT2D eigenvalue weighted by atomic mass is 16.6. The van der Waals surface area contributed by atoms with E-state index in [1.807, 2.05) is 42.6 Å². The van der Waals surface area contributed by atoms with E-state index in [1.165, 1.54) is 12.8 Å². The van der Waals surface area contributed by atoms with Gasteiger partial charge < -0.3 is 14.4 Å². The Morgan fingerprint density at radius 1 is 1.00 bits per heavy atom. The van der Waals surface area contributed by atoms with Gasteiger partial charge in [0.1, 0.15) is 0 Å². The maximum atomic E-state index is 6.77. The average molecular weight is 392 g/mol. The number of nitrogens with two attached hydrogens (primary N) is 1. The van der Waals surface area contributed by atoms with Gasteiger partial charge in [-0.3, -0.25) is 10.7 Å². The molecular weight excluding hydrogens is 362 g/mol. The summed E-state index contributed by atoms with van der Waals surface area (Å²) >= 11 is 0. The van der Waals surface area contributed by atoms with E-state index in [4.69, 9.17) is 15.2 Å². The zero-order valence-electron chi connectivity index (χ0n) is 16.9. The fourth-order valence-corrected chi connectivity index (χ4v) is 4.21. The van der Waals surface area contributed by atoms with Crippen molar-refractivity contribution >= 4 is 17.6 Å². The van der Waals surface area contributed by atoms with Crippen molar-refractivity contribution in [2.24, 2.45) is 10.7 Å². The molecule has 152 valence electrons. The summed E-state index contributed by atoms with van der Waals surface area (Å²) in [6.45, 7) is 0.482. The molecule has 0 aromatic heterocycles. The molecule has 2 aliphatic rings. The summed E-state index contributed by atoms with van der Waals surface area (Å²) in [5.41, 5.74) is 6.87. The molecule has 29 heavy (non-hydrogen) atoms. The van der Waals surface area contributed by atoms with Crippen molar-refractivity contribution in [2.75, 3.05) is 18.6 Å². The molecule has 1 aliphatic carbocycles. The lowest BCUT2D eigenvalue weighted by Crippen LogP contribution is -2.68. The van der Waals surface area contributed by atoms with Gasteiger partial charge in [-0.2, -0.15) is 0 Å². The molecule has 0 bridgehead atoms. The Labute approximate surface area is 172 Å². The minimum Gasteiger partial charge on any atom is -0.359 e. The second-order valence-corrected chi connectivity index (χ2v) is 7.76. The Kier molecular flexibility index (Phi) is 5.81. The van der Waals surface area contributed by atoms with E-state index in [2.05, 4.69) is 34.2 Å². The van der Waals surface area contributed by atoms with Crippen LogP contribution in [0.3, 0.4) is 0 Å². The molecule has 2 aromatic carbocycles. The number of aliphatic imine (C=N–C) groups is 1. The lowest BCUT2D eigenvalue weighted by atomic mass is 9.88. The number of benzene rings is 2. The van der Waals surface area contributed by atoms with Crippen LogP contribution in [0.2, 0.25) is 0 Å². The van der Waals surface area contributed by atoms with Crippen molar-refractivity contribution < 1.29 is 9.47 Å². The lowest BCUT2D eigenvalue weighted by molar-refractivity contribution is -0.152. The number of nitrogens with zero attached hydrogens (tertiary/aromatic N) is 2. The molecule has 5 heteroatoms. The number of para-hydroxylation sites is 2. The van der Waals surface area contributed by atoms with Crippen molar-refractivity contribution in [3.8, 4) is 0 Å². The first-order valence-electron chi connectivity index (χ1n) is 10.3. The fourth-order valence-electron chi connectivity index (χ4n) is 4.21. The van der Waals surface area contributed by atoms with Gasteiger partial charge in [0.2, 0.25) is 0 Å². The van der Waals surface area contributed by atoms with E-state index in [0.29, 0.717) is 6.54 Å². The first kappa shape index (κ1) is 19.8. The third-order valence-corrected chi connectivity index (χ3v) is 5.90. The topological polar surface area (TPSA) is 60.1 Å². The number of ether oxygens (including phenoxy) is 2. The predicted molar refractivity (Wildman–Crippen MR) is 118 cm³/mol. The largest absolute Gasteiger partial charge is 0.359 e. The van der Waals surface area contributed by atoms with Gasteiger partial charge >= 0.3 is 0 Å². The highest BCUT2D eigenvalue weighted by molar-refractivity contribution is 5.77. The maximum absolute atomic E-state index is 6.77. The first-order chi connectivity index (χ1) is 14.2. The molecule has 2 aromatic rings. The monoisotopic (exact) mass is 391 g/mol. The average Bonchev–Trinajstić information content (AvgIpc) is 3.28. The van der Waals surface area contributed by atoms with Crippen molar-refractivity contribution in [3.63, 3.8) is 0 Å². The zero-order chi connectivity index (χ0) is 20.2. The summed E-state index contributed by atoms with van der Waals surface area (Å²) in [6.07, 6.45) is 9.91. The van der Waals surface area contributed by atoms with Crippen LogP contribution < -0.4 is 10.6 Å². The normalized spacial score (nSPS) is 26.7. The number of anilines is 2. The highest BCUT2D eigenvalue weighted by Gasteiger charge is 2.52. The molecule has 0 spiro atoms. The third-order valence-electron chi connectivity index (χ3n) is 5.90. The van der Waals surface area contributed by atoms with Gasteiger partial charge in [0.05, 0.1) is 12.6 Å². The van der Waals surface area contributed by atoms with E-state index in [1.54, 1.807) is 19.4 Å². The zero-order valence-corrected chi connectivity index (χ0v) is 16.9. The van der Waals surface area contributed by atoms with Gasteiger partial charge in [-0.15, -0.1) is 0 Å². The molecule has 2 atom stereocenters. The molecular formula is C24H29N3O2. The third kappa shape index (κ3) is 3.99. The van der Waals surface area contributed by atoms with Gasteiger partial charge in [-0.1, -0.05) is 49.2 Å². The summed E-state index contributed by atoms with van der Waals surface area (Å²) in [5, 5.41) is 0. The molecule has 1 heterocycles. The van der Waals surface area contributed by atoms with Crippen LogP contribution in [0, 0.1) is 0 Å². The quantitative estimate of drug-likeness (QED) is 0.710. The van der Waals surface area contributed by atoms with Crippen LogP contribution in [0.4, 0.5) is 11.4 Å². The van der Waals surface area contributed by atoms with Crippen LogP contribution in [0.25, 0.3) is 0 Å². The minimum atomic E-state index is -1.11. The van der Waals surface area contributed by atoms with Gasteiger partial charge in [0.15, 0.2) is 11.3 Å². The van der Waals surface area contributed by atoms with E-state index >= 15 is 0 Å². The van der Waals surface area contributed by atoms with Gasteiger partial charge in [0.25, 0.3) is 0 Å². The van der Waals surface area contributed by atoms with Crippen LogP contribution >= 0.6 is 0 Å². The Morgan fingerprint density at radius 3 is 2.14 bits per heavy atom. The summed E-state index contributed by atoms with van der Waals surface area (Å²) in [4.78, 5) is 6.66. The molecule has 4 rings (SSSR count). The van der Waals surface area contributed by atoms with Crippen molar-refractivity contribution in [1.29, 1.82) is 0 Å². The maximum Gasteiger partial charge on any atom is 0.173 e. The van der Waals surface area contributed by atoms with Crippen molar-refractivity contribution in [3.05, 3.63) is 72.9 Å². The standard InChI is InChI=1S/C24H29N3O2/c1-28-24(25)16-17-26-18-23(24,29-22-14-8-9-15-22)19-27(20-10-4-2-5-11-20)21-12-6-3-7-13-21/h2-7,10-13,16-18,22H,8-9,14-15,19,25H2,1H3. The smallest absolute Gasteiger partial charge is 0.173 e. The molecule has 1 saturated carbocycles. The van der Waals surface area contributed by atoms with Gasteiger partial charge in [-0.05, 0) is 43.2 Å². The van der Waals surface area contributed by atoms with E-state index in [-0.39, 0.29) is 6.10 Å². The Bertz CT molecular complexity index is 809. The van der Waals surface area contributed by atoms with E-state index in [9.17, 15) is 0 Å². The Hall–Kier alpha value is -2.47. The van der Waals surface area contributed by atoms with Crippen LogP contribution in [-0.2, 0) is 9.47 Å². The SMILES string of the molecule is COC1(N)C=CN=CC1(CN(c1ccccc1)c1ccccc1)OC1CCCC1. The number of hydrogen-bond donors (Lipinski definition) is 1. The Balaban J connectivity index is 1.76. The molecule has 2 unspecified atom stereocenters. The first-order valence-corrected chi connectivity index (χ1v) is 10.3. The molecule has 0 radical (unpaired) electrons. The second-order valence-electron chi connectivity index (χ2n) is 7.76. The van der Waals surface area contributed by atoms with Crippen LogP contribution in [0.5, 0.6) is 0 Å². The molecule has 1 fully saturated rings. The molecule has 2 N–H and O–H groups in total. The molecule has 1 aliphatic heterocycles. The van der Waals surface area contributed by atoms with Crippen molar-refractivity contribution in [1.82, 2.24) is 0 Å². The van der Waals surface area contributed by atoms with Gasteiger partial charge in [-0.25, -0.2) is 0 Å². The Morgan fingerprint density at radius 2 is 1.59 bits per heavy atom. The summed E-state index contributed by atoms with van der Waals surface area (Å²) in [6, 6.07) is 20.6.